The van der Waals surface area contributed by atoms with Crippen LogP contribution >= 0.6 is 11.3 Å². The first-order valence-corrected chi connectivity index (χ1v) is 9.07. The van der Waals surface area contributed by atoms with Gasteiger partial charge in [-0.1, -0.05) is 11.3 Å². The Morgan fingerprint density at radius 1 is 1.04 bits per heavy atom. The highest BCUT2D eigenvalue weighted by Gasteiger charge is 2.17. The maximum atomic E-state index is 13.0. The second-order valence-electron chi connectivity index (χ2n) is 5.82. The van der Waals surface area contributed by atoms with Crippen LogP contribution in [0.25, 0.3) is 15.5 Å². The molecule has 2 aromatic carbocycles. The quantitative estimate of drug-likeness (QED) is 0.537. The Balaban J connectivity index is 1.40. The number of rotatable bonds is 4. The van der Waals surface area contributed by atoms with Crippen LogP contribution in [0.1, 0.15) is 5.82 Å². The molecule has 3 heterocycles. The summed E-state index contributed by atoms with van der Waals surface area (Å²) < 4.78 is 31.4. The second-order valence-corrected chi connectivity index (χ2v) is 6.77. The summed E-state index contributed by atoms with van der Waals surface area (Å²) in [5.41, 5.74) is 0.917. The van der Waals surface area contributed by atoms with Gasteiger partial charge in [-0.15, -0.1) is 10.2 Å². The van der Waals surface area contributed by atoms with E-state index < -0.39 is 0 Å². The topological polar surface area (TPSA) is 70.8 Å². The molecule has 4 aromatic rings. The van der Waals surface area contributed by atoms with Gasteiger partial charge in [0.2, 0.25) is 4.96 Å². The molecule has 9 heteroatoms. The standard InChI is InChI=1S/C18H13FN4O3S/c19-12-2-4-13(5-3-12)26-10-16-20-21-18-23(16)22-17(27-18)11-1-6-14-15(9-11)25-8-7-24-14/h1-6,9H,7-8,10H2. The van der Waals surface area contributed by atoms with Crippen molar-refractivity contribution in [3.8, 4) is 27.8 Å². The minimum absolute atomic E-state index is 0.178. The predicted octanol–water partition coefficient (Wildman–Crippen LogP) is 3.34. The van der Waals surface area contributed by atoms with E-state index in [9.17, 15) is 4.39 Å². The van der Waals surface area contributed by atoms with Gasteiger partial charge in [-0.25, -0.2) is 4.39 Å². The van der Waals surface area contributed by atoms with Crippen LogP contribution in [0.5, 0.6) is 17.2 Å². The average molecular weight is 384 g/mol. The summed E-state index contributed by atoms with van der Waals surface area (Å²) >= 11 is 1.42. The number of halogens is 1. The largest absolute Gasteiger partial charge is 0.486 e. The van der Waals surface area contributed by atoms with Crippen LogP contribution in [0.15, 0.2) is 42.5 Å². The molecule has 1 aliphatic rings. The van der Waals surface area contributed by atoms with Crippen molar-refractivity contribution in [1.82, 2.24) is 19.8 Å². The van der Waals surface area contributed by atoms with Gasteiger partial charge in [-0.2, -0.15) is 9.61 Å². The van der Waals surface area contributed by atoms with Crippen LogP contribution in [0.3, 0.4) is 0 Å². The summed E-state index contributed by atoms with van der Waals surface area (Å²) in [6, 6.07) is 11.5. The lowest BCUT2D eigenvalue weighted by Gasteiger charge is -2.18. The molecule has 0 aliphatic carbocycles. The number of hydrogen-bond donors (Lipinski definition) is 0. The first-order chi connectivity index (χ1) is 13.3. The van der Waals surface area contributed by atoms with Crippen molar-refractivity contribution < 1.29 is 18.6 Å². The number of aromatic nitrogens is 4. The number of nitrogens with zero attached hydrogens (tertiary/aromatic N) is 4. The van der Waals surface area contributed by atoms with E-state index in [-0.39, 0.29) is 12.4 Å². The zero-order chi connectivity index (χ0) is 18.2. The molecule has 0 N–H and O–H groups in total. The Bertz CT molecular complexity index is 1110. The smallest absolute Gasteiger partial charge is 0.235 e. The lowest BCUT2D eigenvalue weighted by molar-refractivity contribution is 0.171. The molecular formula is C18H13FN4O3S. The number of hydrogen-bond acceptors (Lipinski definition) is 7. The minimum atomic E-state index is -0.309. The van der Waals surface area contributed by atoms with Gasteiger partial charge < -0.3 is 14.2 Å². The van der Waals surface area contributed by atoms with Gasteiger partial charge >= 0.3 is 0 Å². The fourth-order valence-electron chi connectivity index (χ4n) is 2.72. The average Bonchev–Trinajstić information content (AvgIpc) is 3.28. The normalized spacial score (nSPS) is 13.1. The predicted molar refractivity (Wildman–Crippen MR) is 95.8 cm³/mol. The third kappa shape index (κ3) is 3.06. The van der Waals surface area contributed by atoms with E-state index in [0.717, 1.165) is 16.3 Å². The monoisotopic (exact) mass is 384 g/mol. The molecule has 0 spiro atoms. The molecule has 0 bridgehead atoms. The number of ether oxygens (including phenoxy) is 3. The Morgan fingerprint density at radius 2 is 1.85 bits per heavy atom. The molecule has 136 valence electrons. The maximum Gasteiger partial charge on any atom is 0.235 e. The highest BCUT2D eigenvalue weighted by Crippen LogP contribution is 2.35. The van der Waals surface area contributed by atoms with E-state index in [2.05, 4.69) is 15.3 Å². The number of benzene rings is 2. The van der Waals surface area contributed by atoms with E-state index in [1.54, 1.807) is 16.6 Å². The van der Waals surface area contributed by atoms with Crippen LogP contribution in [-0.2, 0) is 6.61 Å². The van der Waals surface area contributed by atoms with E-state index in [1.165, 1.54) is 23.5 Å². The fourth-order valence-corrected chi connectivity index (χ4v) is 3.57. The molecular weight excluding hydrogens is 371 g/mol. The van der Waals surface area contributed by atoms with Crippen molar-refractivity contribution in [2.75, 3.05) is 13.2 Å². The highest BCUT2D eigenvalue weighted by atomic mass is 32.1. The molecule has 2 aromatic heterocycles. The van der Waals surface area contributed by atoms with Crippen molar-refractivity contribution in [1.29, 1.82) is 0 Å². The van der Waals surface area contributed by atoms with Gasteiger partial charge in [0, 0.05) is 5.56 Å². The molecule has 27 heavy (non-hydrogen) atoms. The first-order valence-electron chi connectivity index (χ1n) is 8.26. The molecule has 0 saturated carbocycles. The van der Waals surface area contributed by atoms with Crippen LogP contribution < -0.4 is 14.2 Å². The lowest BCUT2D eigenvalue weighted by Crippen LogP contribution is -2.15. The van der Waals surface area contributed by atoms with Gasteiger partial charge in [-0.05, 0) is 42.5 Å². The summed E-state index contributed by atoms with van der Waals surface area (Å²) in [5.74, 6) is 2.26. The fraction of sp³-hybridized carbons (Fsp3) is 0.167. The summed E-state index contributed by atoms with van der Waals surface area (Å²) in [6.07, 6.45) is 0. The van der Waals surface area contributed by atoms with E-state index in [0.29, 0.717) is 35.5 Å². The Labute approximate surface area is 156 Å². The first kappa shape index (κ1) is 16.0. The highest BCUT2D eigenvalue weighted by molar-refractivity contribution is 7.19. The van der Waals surface area contributed by atoms with E-state index in [1.807, 2.05) is 18.2 Å². The molecule has 0 radical (unpaired) electrons. The molecule has 0 fully saturated rings. The number of fused-ring (bicyclic) bond motifs is 2. The molecule has 7 nitrogen and oxygen atoms in total. The maximum absolute atomic E-state index is 13.0. The lowest BCUT2D eigenvalue weighted by atomic mass is 10.2. The van der Waals surface area contributed by atoms with Crippen molar-refractivity contribution >= 4 is 16.3 Å². The summed E-state index contributed by atoms with van der Waals surface area (Å²) in [4.78, 5) is 0.664. The molecule has 1 aliphatic heterocycles. The Hall–Kier alpha value is -3.20. The third-order valence-corrected chi connectivity index (χ3v) is 4.97. The molecule has 0 saturated heterocycles. The van der Waals surface area contributed by atoms with Gasteiger partial charge in [0.1, 0.15) is 36.4 Å². The zero-order valence-corrected chi connectivity index (χ0v) is 14.8. The van der Waals surface area contributed by atoms with Crippen LogP contribution in [0, 0.1) is 5.82 Å². The molecule has 0 atom stereocenters. The SMILES string of the molecule is Fc1ccc(OCc2nnc3sc(-c4ccc5c(c4)OCCO5)nn23)cc1. The molecule has 0 unspecified atom stereocenters. The van der Waals surface area contributed by atoms with Gasteiger partial charge in [0.25, 0.3) is 0 Å². The van der Waals surface area contributed by atoms with Crippen molar-refractivity contribution in [3.05, 3.63) is 54.1 Å². The van der Waals surface area contributed by atoms with Crippen molar-refractivity contribution in [2.45, 2.75) is 6.61 Å². The summed E-state index contributed by atoms with van der Waals surface area (Å²) in [5, 5.41) is 13.6. The third-order valence-electron chi connectivity index (χ3n) is 4.03. The van der Waals surface area contributed by atoms with Crippen LogP contribution in [0.4, 0.5) is 4.39 Å². The summed E-state index contributed by atoms with van der Waals surface area (Å²) in [6.45, 7) is 1.27. The van der Waals surface area contributed by atoms with E-state index >= 15 is 0 Å². The van der Waals surface area contributed by atoms with Crippen LogP contribution in [0.2, 0.25) is 0 Å². The van der Waals surface area contributed by atoms with Gasteiger partial charge in [0.15, 0.2) is 17.3 Å². The minimum Gasteiger partial charge on any atom is -0.486 e. The van der Waals surface area contributed by atoms with Crippen molar-refractivity contribution in [3.63, 3.8) is 0 Å². The molecule has 0 amide bonds. The Morgan fingerprint density at radius 3 is 2.70 bits per heavy atom. The molecule has 5 rings (SSSR count). The second kappa shape index (κ2) is 6.51. The zero-order valence-electron chi connectivity index (χ0n) is 14.0. The van der Waals surface area contributed by atoms with Gasteiger partial charge in [0.05, 0.1) is 0 Å². The van der Waals surface area contributed by atoms with Crippen LogP contribution in [-0.4, -0.2) is 33.0 Å². The Kier molecular flexibility index (Phi) is 3.86. The van der Waals surface area contributed by atoms with Crippen molar-refractivity contribution in [2.24, 2.45) is 0 Å². The van der Waals surface area contributed by atoms with Gasteiger partial charge in [-0.3, -0.25) is 0 Å². The summed E-state index contributed by atoms with van der Waals surface area (Å²) in [7, 11) is 0. The van der Waals surface area contributed by atoms with E-state index in [4.69, 9.17) is 14.2 Å².